The van der Waals surface area contributed by atoms with Crippen LogP contribution in [0.3, 0.4) is 0 Å². The van der Waals surface area contributed by atoms with E-state index >= 15 is 0 Å². The number of hydrogen-bond acceptors (Lipinski definition) is 3. The Bertz CT molecular complexity index is 723. The quantitative estimate of drug-likeness (QED) is 0.918. The zero-order valence-corrected chi connectivity index (χ0v) is 13.8. The Morgan fingerprint density at radius 3 is 2.61 bits per heavy atom. The standard InChI is InChI=1S/C19H22N2O2/c1-12-6-4-8-15(23-3)16(12)19(22)21-18(14-9-10-14)17-13(2)7-5-11-20-17/h4-8,11,14,18H,9-10H2,1-3H3,(H,21,22)/t18-/m1/s1. The average Bonchev–Trinajstić information content (AvgIpc) is 3.37. The minimum Gasteiger partial charge on any atom is -0.496 e. The molecular formula is C19H22N2O2. The highest BCUT2D eigenvalue weighted by Gasteiger charge is 2.35. The van der Waals surface area contributed by atoms with Gasteiger partial charge in [-0.1, -0.05) is 18.2 Å². The number of ether oxygens (including phenoxy) is 1. The number of hydrogen-bond donors (Lipinski definition) is 1. The van der Waals surface area contributed by atoms with Gasteiger partial charge in [0.25, 0.3) is 5.91 Å². The number of aryl methyl sites for hydroxylation is 2. The van der Waals surface area contributed by atoms with Crippen LogP contribution in [-0.2, 0) is 0 Å². The first-order valence-corrected chi connectivity index (χ1v) is 7.97. The molecule has 1 atom stereocenters. The van der Waals surface area contributed by atoms with Gasteiger partial charge in [-0.25, -0.2) is 0 Å². The van der Waals surface area contributed by atoms with Crippen molar-refractivity contribution < 1.29 is 9.53 Å². The summed E-state index contributed by atoms with van der Waals surface area (Å²) < 4.78 is 5.36. The largest absolute Gasteiger partial charge is 0.496 e. The van der Waals surface area contributed by atoms with Gasteiger partial charge in [-0.2, -0.15) is 0 Å². The highest BCUT2D eigenvalue weighted by molar-refractivity contribution is 5.98. The molecule has 4 heteroatoms. The van der Waals surface area contributed by atoms with Crippen LogP contribution in [0.5, 0.6) is 5.75 Å². The fourth-order valence-electron chi connectivity index (χ4n) is 2.98. The molecule has 4 nitrogen and oxygen atoms in total. The maximum absolute atomic E-state index is 12.9. The van der Waals surface area contributed by atoms with Gasteiger partial charge >= 0.3 is 0 Å². The van der Waals surface area contributed by atoms with Crippen molar-refractivity contribution in [3.8, 4) is 5.75 Å². The van der Waals surface area contributed by atoms with Gasteiger partial charge in [0.2, 0.25) is 0 Å². The summed E-state index contributed by atoms with van der Waals surface area (Å²) in [6, 6.07) is 9.57. The van der Waals surface area contributed by atoms with Crippen LogP contribution < -0.4 is 10.1 Å². The Labute approximate surface area is 136 Å². The maximum Gasteiger partial charge on any atom is 0.255 e. The zero-order chi connectivity index (χ0) is 16.4. The molecule has 1 fully saturated rings. The molecule has 0 bridgehead atoms. The van der Waals surface area contributed by atoms with Gasteiger partial charge in [0.1, 0.15) is 5.75 Å². The number of pyridine rings is 1. The van der Waals surface area contributed by atoms with Gasteiger partial charge in [0, 0.05) is 6.20 Å². The minimum absolute atomic E-state index is 0.0342. The molecule has 0 saturated heterocycles. The van der Waals surface area contributed by atoms with E-state index in [1.807, 2.05) is 44.2 Å². The number of benzene rings is 1. The van der Waals surface area contributed by atoms with E-state index in [-0.39, 0.29) is 11.9 Å². The number of amides is 1. The molecule has 1 N–H and O–H groups in total. The van der Waals surface area contributed by atoms with Crippen molar-refractivity contribution in [2.45, 2.75) is 32.7 Å². The normalized spacial score (nSPS) is 15.1. The lowest BCUT2D eigenvalue weighted by Gasteiger charge is -2.21. The molecule has 1 saturated carbocycles. The van der Waals surface area contributed by atoms with E-state index in [2.05, 4.69) is 10.3 Å². The van der Waals surface area contributed by atoms with Crippen molar-refractivity contribution in [3.63, 3.8) is 0 Å². The molecule has 1 heterocycles. The van der Waals surface area contributed by atoms with Crippen molar-refractivity contribution in [3.05, 3.63) is 58.9 Å². The molecule has 23 heavy (non-hydrogen) atoms. The van der Waals surface area contributed by atoms with E-state index in [0.29, 0.717) is 17.2 Å². The Balaban J connectivity index is 1.90. The van der Waals surface area contributed by atoms with Crippen LogP contribution in [-0.4, -0.2) is 18.0 Å². The molecule has 120 valence electrons. The number of carbonyl (C=O) groups excluding carboxylic acids is 1. The predicted octanol–water partition coefficient (Wildman–Crippen LogP) is 3.59. The predicted molar refractivity (Wildman–Crippen MR) is 89.6 cm³/mol. The Kier molecular flexibility index (Phi) is 4.33. The smallest absolute Gasteiger partial charge is 0.255 e. The summed E-state index contributed by atoms with van der Waals surface area (Å²) in [4.78, 5) is 17.4. The van der Waals surface area contributed by atoms with Crippen molar-refractivity contribution in [1.29, 1.82) is 0 Å². The highest BCUT2D eigenvalue weighted by Crippen LogP contribution is 2.41. The van der Waals surface area contributed by atoms with Crippen LogP contribution in [0.4, 0.5) is 0 Å². The molecule has 0 aliphatic heterocycles. The molecule has 0 unspecified atom stereocenters. The Hall–Kier alpha value is -2.36. The molecule has 1 aliphatic carbocycles. The third-order valence-electron chi connectivity index (χ3n) is 4.41. The Morgan fingerprint density at radius 2 is 1.96 bits per heavy atom. The number of nitrogens with zero attached hydrogens (tertiary/aromatic N) is 1. The summed E-state index contributed by atoms with van der Waals surface area (Å²) in [7, 11) is 1.59. The lowest BCUT2D eigenvalue weighted by Crippen LogP contribution is -2.31. The van der Waals surface area contributed by atoms with Crippen molar-refractivity contribution in [2.75, 3.05) is 7.11 Å². The molecular weight excluding hydrogens is 288 g/mol. The second-order valence-corrected chi connectivity index (χ2v) is 6.15. The van der Waals surface area contributed by atoms with Crippen LogP contribution >= 0.6 is 0 Å². The van der Waals surface area contributed by atoms with Crippen molar-refractivity contribution in [2.24, 2.45) is 5.92 Å². The van der Waals surface area contributed by atoms with Gasteiger partial charge in [-0.05, 0) is 55.9 Å². The van der Waals surface area contributed by atoms with Crippen molar-refractivity contribution >= 4 is 5.91 Å². The highest BCUT2D eigenvalue weighted by atomic mass is 16.5. The number of nitrogens with one attached hydrogen (secondary N) is 1. The number of methoxy groups -OCH3 is 1. The van der Waals surface area contributed by atoms with Crippen LogP contribution in [0.2, 0.25) is 0 Å². The summed E-state index contributed by atoms with van der Waals surface area (Å²) in [5.74, 6) is 0.985. The molecule has 0 spiro atoms. The molecule has 3 rings (SSSR count). The molecule has 1 aromatic carbocycles. The van der Waals surface area contributed by atoms with Gasteiger partial charge in [0.15, 0.2) is 0 Å². The monoisotopic (exact) mass is 310 g/mol. The number of rotatable bonds is 5. The van der Waals surface area contributed by atoms with Crippen LogP contribution in [0, 0.1) is 19.8 Å². The van der Waals surface area contributed by atoms with Gasteiger partial charge < -0.3 is 10.1 Å². The van der Waals surface area contributed by atoms with Crippen molar-refractivity contribution in [1.82, 2.24) is 10.3 Å². The van der Waals surface area contributed by atoms with E-state index in [0.717, 1.165) is 29.7 Å². The lowest BCUT2D eigenvalue weighted by atomic mass is 10.0. The summed E-state index contributed by atoms with van der Waals surface area (Å²) in [5.41, 5.74) is 3.60. The fourth-order valence-corrected chi connectivity index (χ4v) is 2.98. The molecule has 1 aliphatic rings. The van der Waals surface area contributed by atoms with Gasteiger partial charge in [0.05, 0.1) is 24.4 Å². The summed E-state index contributed by atoms with van der Waals surface area (Å²) in [6.07, 6.45) is 4.05. The second-order valence-electron chi connectivity index (χ2n) is 6.15. The summed E-state index contributed by atoms with van der Waals surface area (Å²) in [5, 5.41) is 3.19. The van der Waals surface area contributed by atoms with Gasteiger partial charge in [-0.3, -0.25) is 9.78 Å². The van der Waals surface area contributed by atoms with Crippen LogP contribution in [0.1, 0.15) is 46.1 Å². The lowest BCUT2D eigenvalue weighted by molar-refractivity contribution is 0.0927. The fraction of sp³-hybridized carbons (Fsp3) is 0.368. The summed E-state index contributed by atoms with van der Waals surface area (Å²) in [6.45, 7) is 3.97. The SMILES string of the molecule is COc1cccc(C)c1C(=O)N[C@@H](c1ncccc1C)C1CC1. The van der Waals surface area contributed by atoms with Crippen LogP contribution in [0.25, 0.3) is 0 Å². The van der Waals surface area contributed by atoms with E-state index in [4.69, 9.17) is 4.74 Å². The number of aromatic nitrogens is 1. The second kappa shape index (κ2) is 6.41. The molecule has 1 amide bonds. The maximum atomic E-state index is 12.9. The minimum atomic E-state index is -0.0955. The number of carbonyl (C=O) groups is 1. The zero-order valence-electron chi connectivity index (χ0n) is 13.8. The van der Waals surface area contributed by atoms with Crippen LogP contribution in [0.15, 0.2) is 36.5 Å². The third kappa shape index (κ3) is 3.21. The molecule has 0 radical (unpaired) electrons. The van der Waals surface area contributed by atoms with E-state index in [1.165, 1.54) is 0 Å². The third-order valence-corrected chi connectivity index (χ3v) is 4.41. The summed E-state index contributed by atoms with van der Waals surface area (Å²) >= 11 is 0. The molecule has 2 aromatic rings. The average molecular weight is 310 g/mol. The topological polar surface area (TPSA) is 51.2 Å². The first-order chi connectivity index (χ1) is 11.1. The molecule has 1 aromatic heterocycles. The first kappa shape index (κ1) is 15.5. The van der Waals surface area contributed by atoms with E-state index < -0.39 is 0 Å². The first-order valence-electron chi connectivity index (χ1n) is 7.97. The van der Waals surface area contributed by atoms with Gasteiger partial charge in [-0.15, -0.1) is 0 Å². The van der Waals surface area contributed by atoms with E-state index in [1.54, 1.807) is 13.3 Å². The Morgan fingerprint density at radius 1 is 1.22 bits per heavy atom. The van der Waals surface area contributed by atoms with E-state index in [9.17, 15) is 4.79 Å².